The number of hydrogen-bond donors (Lipinski definition) is 1. The van der Waals surface area contributed by atoms with Crippen LogP contribution in [0.1, 0.15) is 49.6 Å². The van der Waals surface area contributed by atoms with Crippen molar-refractivity contribution in [3.63, 3.8) is 0 Å². The molecule has 0 bridgehead atoms. The monoisotopic (exact) mass is 225 g/mol. The van der Waals surface area contributed by atoms with Gasteiger partial charge in [-0.15, -0.1) is 0 Å². The van der Waals surface area contributed by atoms with Gasteiger partial charge in [0.15, 0.2) is 5.69 Å². The molecule has 1 rings (SSSR count). The van der Waals surface area contributed by atoms with Crippen molar-refractivity contribution in [2.45, 2.75) is 39.2 Å². The molecule has 5 heteroatoms. The molecule has 0 aliphatic rings. The van der Waals surface area contributed by atoms with Crippen LogP contribution in [-0.4, -0.2) is 22.6 Å². The molecule has 0 fully saturated rings. The number of ether oxygens (including phenoxy) is 1. The highest BCUT2D eigenvalue weighted by atomic mass is 16.5. The third-order valence-corrected chi connectivity index (χ3v) is 2.70. The summed E-state index contributed by atoms with van der Waals surface area (Å²) < 4.78 is 6.47. The van der Waals surface area contributed by atoms with Crippen LogP contribution in [0.2, 0.25) is 0 Å². The van der Waals surface area contributed by atoms with Gasteiger partial charge in [0, 0.05) is 6.04 Å². The van der Waals surface area contributed by atoms with Crippen molar-refractivity contribution in [2.24, 2.45) is 0 Å². The Morgan fingerprint density at radius 2 is 2.31 bits per heavy atom. The smallest absolute Gasteiger partial charge is 0.360 e. The molecular weight excluding hydrogens is 206 g/mol. The quantitative estimate of drug-likeness (QED) is 0.778. The van der Waals surface area contributed by atoms with E-state index in [1.165, 1.54) is 7.11 Å². The number of esters is 1. The molecule has 1 atom stereocenters. The molecule has 0 aliphatic heterocycles. The van der Waals surface area contributed by atoms with Crippen molar-refractivity contribution in [1.29, 1.82) is 0 Å². The fourth-order valence-corrected chi connectivity index (χ4v) is 1.79. The molecule has 1 aromatic rings. The van der Waals surface area contributed by atoms with Gasteiger partial charge < -0.3 is 15.0 Å². The standard InChI is InChI=1S/C11H19N3O2/c1-4-6-8(5-2)14-7-13-9(10(14)12)11(15)16-3/h7-8H,4-6,12H2,1-3H3. The van der Waals surface area contributed by atoms with E-state index in [4.69, 9.17) is 5.73 Å². The molecular formula is C11H19N3O2. The number of nitrogens with two attached hydrogens (primary N) is 1. The number of hydrogen-bond acceptors (Lipinski definition) is 4. The highest BCUT2D eigenvalue weighted by molar-refractivity contribution is 5.92. The molecule has 0 saturated carbocycles. The lowest BCUT2D eigenvalue weighted by atomic mass is 10.1. The molecule has 0 spiro atoms. The number of carbonyl (C=O) groups is 1. The number of anilines is 1. The van der Waals surface area contributed by atoms with E-state index in [2.05, 4.69) is 23.6 Å². The topological polar surface area (TPSA) is 70.1 Å². The first-order valence-electron chi connectivity index (χ1n) is 5.56. The third-order valence-electron chi connectivity index (χ3n) is 2.70. The van der Waals surface area contributed by atoms with E-state index in [9.17, 15) is 4.79 Å². The zero-order chi connectivity index (χ0) is 12.1. The van der Waals surface area contributed by atoms with E-state index in [-0.39, 0.29) is 5.69 Å². The summed E-state index contributed by atoms with van der Waals surface area (Å²) in [5.41, 5.74) is 6.09. The van der Waals surface area contributed by atoms with Gasteiger partial charge in [-0.25, -0.2) is 9.78 Å². The Hall–Kier alpha value is -1.52. The Bertz CT molecular complexity index is 360. The van der Waals surface area contributed by atoms with Gasteiger partial charge in [0.05, 0.1) is 13.4 Å². The maximum Gasteiger partial charge on any atom is 0.360 e. The predicted octanol–water partition coefficient (Wildman–Crippen LogP) is 2.00. The van der Waals surface area contributed by atoms with Gasteiger partial charge in [-0.1, -0.05) is 20.3 Å². The zero-order valence-electron chi connectivity index (χ0n) is 10.1. The first-order chi connectivity index (χ1) is 7.65. The van der Waals surface area contributed by atoms with Crippen LogP contribution in [0, 0.1) is 0 Å². The minimum atomic E-state index is -0.484. The average molecular weight is 225 g/mol. The number of aromatic nitrogens is 2. The van der Waals surface area contributed by atoms with Crippen LogP contribution in [0.3, 0.4) is 0 Å². The molecule has 2 N–H and O–H groups in total. The van der Waals surface area contributed by atoms with Crippen molar-refractivity contribution in [3.05, 3.63) is 12.0 Å². The van der Waals surface area contributed by atoms with Crippen LogP contribution in [0.4, 0.5) is 5.82 Å². The van der Waals surface area contributed by atoms with Crippen molar-refractivity contribution in [2.75, 3.05) is 12.8 Å². The molecule has 0 amide bonds. The van der Waals surface area contributed by atoms with Gasteiger partial charge >= 0.3 is 5.97 Å². The number of rotatable bonds is 5. The number of methoxy groups -OCH3 is 1. The molecule has 0 aromatic carbocycles. The van der Waals surface area contributed by atoms with Gasteiger partial charge in [-0.3, -0.25) is 0 Å². The van der Waals surface area contributed by atoms with E-state index in [0.29, 0.717) is 11.9 Å². The first kappa shape index (κ1) is 12.5. The van der Waals surface area contributed by atoms with Crippen molar-refractivity contribution < 1.29 is 9.53 Å². The molecule has 0 aliphatic carbocycles. The SMILES string of the molecule is CCCC(CC)n1cnc(C(=O)OC)c1N. The third kappa shape index (κ3) is 2.35. The lowest BCUT2D eigenvalue weighted by Crippen LogP contribution is -2.12. The minimum Gasteiger partial charge on any atom is -0.464 e. The maximum absolute atomic E-state index is 11.3. The summed E-state index contributed by atoms with van der Waals surface area (Å²) >= 11 is 0. The van der Waals surface area contributed by atoms with Gasteiger partial charge in [0.1, 0.15) is 5.82 Å². The van der Waals surface area contributed by atoms with Crippen molar-refractivity contribution in [3.8, 4) is 0 Å². The zero-order valence-corrected chi connectivity index (χ0v) is 10.1. The van der Waals surface area contributed by atoms with E-state index < -0.39 is 5.97 Å². The van der Waals surface area contributed by atoms with Gasteiger partial charge in [0.25, 0.3) is 0 Å². The van der Waals surface area contributed by atoms with Crippen LogP contribution in [-0.2, 0) is 4.74 Å². The molecule has 16 heavy (non-hydrogen) atoms. The highest BCUT2D eigenvalue weighted by Gasteiger charge is 2.19. The van der Waals surface area contributed by atoms with Crippen LogP contribution >= 0.6 is 0 Å². The predicted molar refractivity (Wildman–Crippen MR) is 62.2 cm³/mol. The Morgan fingerprint density at radius 3 is 2.81 bits per heavy atom. The molecule has 1 heterocycles. The van der Waals surface area contributed by atoms with Gasteiger partial charge in [-0.05, 0) is 12.8 Å². The van der Waals surface area contributed by atoms with Crippen LogP contribution in [0.5, 0.6) is 0 Å². The van der Waals surface area contributed by atoms with Gasteiger partial charge in [-0.2, -0.15) is 0 Å². The van der Waals surface area contributed by atoms with Crippen LogP contribution in [0.15, 0.2) is 6.33 Å². The Kier molecular flexibility index (Phi) is 4.34. The second-order valence-electron chi connectivity index (χ2n) is 3.73. The van der Waals surface area contributed by atoms with Crippen molar-refractivity contribution in [1.82, 2.24) is 9.55 Å². The molecule has 0 radical (unpaired) electrons. The van der Waals surface area contributed by atoms with Crippen LogP contribution < -0.4 is 5.73 Å². The molecule has 1 unspecified atom stereocenters. The summed E-state index contributed by atoms with van der Waals surface area (Å²) in [6.07, 6.45) is 4.68. The number of carbonyl (C=O) groups excluding carboxylic acids is 1. The van der Waals surface area contributed by atoms with E-state index in [1.807, 2.05) is 4.57 Å². The Labute approximate surface area is 95.6 Å². The second-order valence-corrected chi connectivity index (χ2v) is 3.73. The summed E-state index contributed by atoms with van der Waals surface area (Å²) in [6.45, 7) is 4.22. The average Bonchev–Trinajstić information content (AvgIpc) is 2.67. The minimum absolute atomic E-state index is 0.206. The summed E-state index contributed by atoms with van der Waals surface area (Å²) in [4.78, 5) is 15.3. The number of nitrogen functional groups attached to an aromatic ring is 1. The van der Waals surface area contributed by atoms with E-state index in [0.717, 1.165) is 19.3 Å². The number of imidazole rings is 1. The summed E-state index contributed by atoms with van der Waals surface area (Å²) in [5, 5.41) is 0. The molecule has 0 saturated heterocycles. The Morgan fingerprint density at radius 1 is 1.62 bits per heavy atom. The molecule has 1 aromatic heterocycles. The fraction of sp³-hybridized carbons (Fsp3) is 0.636. The Balaban J connectivity index is 2.97. The van der Waals surface area contributed by atoms with E-state index in [1.54, 1.807) is 6.33 Å². The summed E-state index contributed by atoms with van der Waals surface area (Å²) in [6, 6.07) is 0.302. The summed E-state index contributed by atoms with van der Waals surface area (Å²) in [5.74, 6) is -0.0882. The van der Waals surface area contributed by atoms with Gasteiger partial charge in [0.2, 0.25) is 0 Å². The summed E-state index contributed by atoms with van der Waals surface area (Å²) in [7, 11) is 1.32. The fourth-order valence-electron chi connectivity index (χ4n) is 1.79. The highest BCUT2D eigenvalue weighted by Crippen LogP contribution is 2.23. The van der Waals surface area contributed by atoms with E-state index >= 15 is 0 Å². The molecule has 5 nitrogen and oxygen atoms in total. The lowest BCUT2D eigenvalue weighted by molar-refractivity contribution is 0.0596. The largest absolute Gasteiger partial charge is 0.464 e. The van der Waals surface area contributed by atoms with Crippen molar-refractivity contribution >= 4 is 11.8 Å². The first-order valence-corrected chi connectivity index (χ1v) is 5.56. The normalized spacial score (nSPS) is 12.4. The molecule has 90 valence electrons. The maximum atomic E-state index is 11.3. The van der Waals surface area contributed by atoms with Crippen LogP contribution in [0.25, 0.3) is 0 Å². The second kappa shape index (κ2) is 5.53. The lowest BCUT2D eigenvalue weighted by Gasteiger charge is -2.17. The number of nitrogens with zero attached hydrogens (tertiary/aromatic N) is 2.